The molecule has 14 heavy (non-hydrogen) atoms. The second-order valence-corrected chi connectivity index (χ2v) is 2.84. The standard InChI is InChI=1S/C7H9N5O2/c8-7-11-5-4(6(14)12-7)10-3(2-13)1-9-5/h13H,1-2H2,(H4,8,9,11,12,14). The lowest BCUT2D eigenvalue weighted by Crippen LogP contribution is -2.25. The third kappa shape index (κ3) is 1.33. The van der Waals surface area contributed by atoms with Gasteiger partial charge < -0.3 is 21.1 Å². The number of anilines is 2. The van der Waals surface area contributed by atoms with Crippen LogP contribution in [0.25, 0.3) is 0 Å². The van der Waals surface area contributed by atoms with E-state index in [1.165, 1.54) is 0 Å². The van der Waals surface area contributed by atoms with Crippen LogP contribution in [0.15, 0.2) is 9.79 Å². The molecule has 0 fully saturated rings. The number of aromatic nitrogens is 2. The van der Waals surface area contributed by atoms with Crippen LogP contribution >= 0.6 is 0 Å². The third-order valence-electron chi connectivity index (χ3n) is 1.84. The quantitative estimate of drug-likeness (QED) is 0.451. The first kappa shape index (κ1) is 8.70. The number of hydrogen-bond acceptors (Lipinski definition) is 6. The van der Waals surface area contributed by atoms with Gasteiger partial charge >= 0.3 is 5.56 Å². The highest BCUT2D eigenvalue weighted by atomic mass is 16.3. The molecule has 1 aromatic heterocycles. The minimum Gasteiger partial charge on any atom is -0.390 e. The first-order valence-electron chi connectivity index (χ1n) is 4.01. The highest BCUT2D eigenvalue weighted by Gasteiger charge is 2.15. The molecule has 0 radical (unpaired) electrons. The zero-order valence-electron chi connectivity index (χ0n) is 7.24. The average Bonchev–Trinajstić information content (AvgIpc) is 2.17. The fourth-order valence-electron chi connectivity index (χ4n) is 1.20. The fraction of sp³-hybridized carbons (Fsp3) is 0.286. The van der Waals surface area contributed by atoms with E-state index in [9.17, 15) is 4.79 Å². The molecule has 2 heterocycles. The molecule has 5 N–H and O–H groups in total. The zero-order chi connectivity index (χ0) is 10.1. The lowest BCUT2D eigenvalue weighted by atomic mass is 10.3. The van der Waals surface area contributed by atoms with Crippen LogP contribution in [0.4, 0.5) is 17.5 Å². The second-order valence-electron chi connectivity index (χ2n) is 2.84. The maximum absolute atomic E-state index is 11.3. The van der Waals surface area contributed by atoms with Gasteiger partial charge in [-0.1, -0.05) is 0 Å². The van der Waals surface area contributed by atoms with Gasteiger partial charge in [0.2, 0.25) is 5.95 Å². The molecule has 0 amide bonds. The predicted molar refractivity (Wildman–Crippen MR) is 51.9 cm³/mol. The molecule has 0 bridgehead atoms. The Morgan fingerprint density at radius 1 is 1.57 bits per heavy atom. The van der Waals surface area contributed by atoms with Crippen LogP contribution in [0.5, 0.6) is 0 Å². The summed E-state index contributed by atoms with van der Waals surface area (Å²) >= 11 is 0. The van der Waals surface area contributed by atoms with Gasteiger partial charge in [-0.2, -0.15) is 4.98 Å². The van der Waals surface area contributed by atoms with E-state index in [2.05, 4.69) is 20.3 Å². The number of aliphatic hydroxyl groups excluding tert-OH is 1. The summed E-state index contributed by atoms with van der Waals surface area (Å²) in [5.74, 6) is 0.489. The van der Waals surface area contributed by atoms with E-state index in [0.717, 1.165) is 0 Å². The second kappa shape index (κ2) is 3.11. The minimum absolute atomic E-state index is 0.0453. The summed E-state index contributed by atoms with van der Waals surface area (Å²) < 4.78 is 0. The third-order valence-corrected chi connectivity index (χ3v) is 1.84. The summed E-state index contributed by atoms with van der Waals surface area (Å²) in [4.78, 5) is 21.4. The Bertz CT molecular complexity index is 450. The Morgan fingerprint density at radius 3 is 3.07 bits per heavy atom. The molecule has 0 aliphatic carbocycles. The molecule has 1 aliphatic heterocycles. The lowest BCUT2D eigenvalue weighted by Gasteiger charge is -2.15. The highest BCUT2D eigenvalue weighted by Crippen LogP contribution is 2.20. The number of nitrogens with zero attached hydrogens (tertiary/aromatic N) is 2. The van der Waals surface area contributed by atoms with Gasteiger partial charge in [0.05, 0.1) is 18.9 Å². The first-order valence-corrected chi connectivity index (χ1v) is 4.01. The van der Waals surface area contributed by atoms with Crippen LogP contribution in [-0.2, 0) is 0 Å². The van der Waals surface area contributed by atoms with Crippen molar-refractivity contribution >= 4 is 23.2 Å². The Balaban J connectivity index is 2.58. The van der Waals surface area contributed by atoms with Gasteiger partial charge in [-0.15, -0.1) is 0 Å². The number of rotatable bonds is 1. The first-order chi connectivity index (χ1) is 6.70. The lowest BCUT2D eigenvalue weighted by molar-refractivity contribution is 0.356. The van der Waals surface area contributed by atoms with Gasteiger partial charge in [0.25, 0.3) is 0 Å². The van der Waals surface area contributed by atoms with Crippen molar-refractivity contribution in [2.75, 3.05) is 24.2 Å². The molecule has 0 saturated carbocycles. The van der Waals surface area contributed by atoms with E-state index in [0.29, 0.717) is 18.1 Å². The van der Waals surface area contributed by atoms with Crippen molar-refractivity contribution in [2.24, 2.45) is 4.99 Å². The molecule has 7 nitrogen and oxygen atoms in total. The molecular weight excluding hydrogens is 186 g/mol. The summed E-state index contributed by atoms with van der Waals surface area (Å²) in [6.07, 6.45) is 0. The number of aromatic amines is 1. The van der Waals surface area contributed by atoms with E-state index in [-0.39, 0.29) is 18.2 Å². The van der Waals surface area contributed by atoms with E-state index in [1.807, 2.05) is 0 Å². The summed E-state index contributed by atoms with van der Waals surface area (Å²) in [5.41, 5.74) is 5.50. The van der Waals surface area contributed by atoms with Crippen molar-refractivity contribution < 1.29 is 5.11 Å². The molecule has 0 saturated heterocycles. The molecule has 1 aromatic rings. The molecular formula is C7H9N5O2. The summed E-state index contributed by atoms with van der Waals surface area (Å²) in [7, 11) is 0. The largest absolute Gasteiger partial charge is 0.390 e. The highest BCUT2D eigenvalue weighted by molar-refractivity contribution is 5.95. The molecule has 0 unspecified atom stereocenters. The van der Waals surface area contributed by atoms with Crippen LogP contribution in [0.1, 0.15) is 0 Å². The average molecular weight is 195 g/mol. The number of nitrogens with one attached hydrogen (secondary N) is 2. The van der Waals surface area contributed by atoms with Gasteiger partial charge in [-0.05, 0) is 0 Å². The molecule has 0 atom stereocenters. The van der Waals surface area contributed by atoms with Gasteiger partial charge in [0.1, 0.15) is 5.82 Å². The van der Waals surface area contributed by atoms with Crippen molar-refractivity contribution in [3.05, 3.63) is 10.4 Å². The van der Waals surface area contributed by atoms with Crippen LogP contribution in [0.2, 0.25) is 0 Å². The SMILES string of the molecule is Nc1nc(=O)c2c([nH]1)NCC(CO)=N2. The normalized spacial score (nSPS) is 14.2. The Labute approximate surface area is 78.7 Å². The Hall–Kier alpha value is -1.89. The van der Waals surface area contributed by atoms with Crippen molar-refractivity contribution in [2.45, 2.75) is 0 Å². The van der Waals surface area contributed by atoms with Gasteiger partial charge in [-0.3, -0.25) is 4.79 Å². The Morgan fingerprint density at radius 2 is 2.36 bits per heavy atom. The fourth-order valence-corrected chi connectivity index (χ4v) is 1.20. The number of nitrogen functional groups attached to an aromatic ring is 1. The monoisotopic (exact) mass is 195 g/mol. The van der Waals surface area contributed by atoms with E-state index in [4.69, 9.17) is 10.8 Å². The molecule has 2 rings (SSSR count). The molecule has 1 aliphatic rings. The molecule has 7 heteroatoms. The van der Waals surface area contributed by atoms with Crippen LogP contribution in [0, 0.1) is 0 Å². The summed E-state index contributed by atoms with van der Waals surface area (Å²) in [6.45, 7) is 0.207. The summed E-state index contributed by atoms with van der Waals surface area (Å²) in [6, 6.07) is 0. The molecule has 74 valence electrons. The number of nitrogens with two attached hydrogens (primary N) is 1. The predicted octanol–water partition coefficient (Wildman–Crippen LogP) is -1.16. The van der Waals surface area contributed by atoms with Crippen molar-refractivity contribution in [1.29, 1.82) is 0 Å². The number of aliphatic hydroxyl groups is 1. The Kier molecular flexibility index (Phi) is 1.93. The molecule has 0 spiro atoms. The van der Waals surface area contributed by atoms with Crippen LogP contribution in [-0.4, -0.2) is 33.9 Å². The van der Waals surface area contributed by atoms with E-state index >= 15 is 0 Å². The number of aliphatic imine (C=N–C) groups is 1. The van der Waals surface area contributed by atoms with E-state index in [1.54, 1.807) is 0 Å². The summed E-state index contributed by atoms with van der Waals surface area (Å²) in [5, 5.41) is 11.7. The maximum Gasteiger partial charge on any atom is 0.302 e. The topological polar surface area (TPSA) is 116 Å². The van der Waals surface area contributed by atoms with Crippen molar-refractivity contribution in [3.8, 4) is 0 Å². The van der Waals surface area contributed by atoms with Gasteiger partial charge in [0, 0.05) is 0 Å². The zero-order valence-corrected chi connectivity index (χ0v) is 7.24. The minimum atomic E-state index is -0.505. The molecule has 0 aromatic carbocycles. The van der Waals surface area contributed by atoms with Gasteiger partial charge in [-0.25, -0.2) is 4.99 Å². The van der Waals surface area contributed by atoms with E-state index < -0.39 is 5.56 Å². The van der Waals surface area contributed by atoms with Crippen LogP contribution in [0.3, 0.4) is 0 Å². The van der Waals surface area contributed by atoms with Crippen molar-refractivity contribution in [3.63, 3.8) is 0 Å². The van der Waals surface area contributed by atoms with Gasteiger partial charge in [0.15, 0.2) is 5.69 Å². The number of H-pyrrole nitrogens is 1. The maximum atomic E-state index is 11.3. The van der Waals surface area contributed by atoms with Crippen LogP contribution < -0.4 is 16.6 Å². The smallest absolute Gasteiger partial charge is 0.302 e. The van der Waals surface area contributed by atoms with Crippen molar-refractivity contribution in [1.82, 2.24) is 9.97 Å². The number of fused-ring (bicyclic) bond motifs is 1. The number of hydrogen-bond donors (Lipinski definition) is 4.